The third kappa shape index (κ3) is 6.98. The first-order valence-electron chi connectivity index (χ1n) is 10.4. The maximum atomic E-state index is 12.8. The van der Waals surface area contributed by atoms with Crippen LogP contribution in [-0.4, -0.2) is 78.8 Å². The van der Waals surface area contributed by atoms with E-state index in [9.17, 15) is 40.7 Å². The molecule has 2 atom stereocenters. The molecule has 3 rings (SSSR count). The molecule has 1 aromatic rings. The fourth-order valence-electron chi connectivity index (χ4n) is 3.78. The average Bonchev–Trinajstić information content (AvgIpc) is 2.73. The highest BCUT2D eigenvalue weighted by atomic mass is 19.4. The second-order valence-corrected chi connectivity index (χ2v) is 7.95. The van der Waals surface area contributed by atoms with Gasteiger partial charge in [0.05, 0.1) is 6.54 Å². The highest BCUT2D eigenvalue weighted by Gasteiger charge is 2.46. The molecule has 0 radical (unpaired) electrons. The average molecular weight is 496 g/mol. The molecule has 2 N–H and O–H groups in total. The summed E-state index contributed by atoms with van der Waals surface area (Å²) in [6.07, 6.45) is -9.94. The smallest absolute Gasteiger partial charge is 0.406 e. The lowest BCUT2D eigenvalue weighted by Gasteiger charge is -2.37. The number of carbonyl (C=O) groups excluding carboxylic acids is 3. The van der Waals surface area contributed by atoms with Crippen molar-refractivity contribution in [3.63, 3.8) is 0 Å². The molecular weight excluding hydrogens is 474 g/mol. The molecule has 0 bridgehead atoms. The number of nitrogens with one attached hydrogen (secondary N) is 2. The van der Waals surface area contributed by atoms with Gasteiger partial charge < -0.3 is 20.3 Å². The molecular formula is C20H22F6N4O4. The molecule has 3 amide bonds. The Morgan fingerprint density at radius 1 is 1.00 bits per heavy atom. The van der Waals surface area contributed by atoms with Gasteiger partial charge in [0.2, 0.25) is 17.7 Å². The monoisotopic (exact) mass is 496 g/mol. The van der Waals surface area contributed by atoms with E-state index in [4.69, 9.17) is 0 Å². The Kier molecular flexibility index (Phi) is 7.58. The minimum absolute atomic E-state index is 0.0417. The van der Waals surface area contributed by atoms with Gasteiger partial charge in [0, 0.05) is 31.9 Å². The van der Waals surface area contributed by atoms with Gasteiger partial charge in [0.25, 0.3) is 0 Å². The Balaban J connectivity index is 1.43. The van der Waals surface area contributed by atoms with E-state index in [-0.39, 0.29) is 38.2 Å². The standard InChI is InChI=1S/C20H22F6N4O4/c21-19(22,23)15-6-5-14(17(32)28-15)18(33)30-9-7-29(8-10-30)11-16(31)27-12-1-3-13(4-2-12)34-20(24,25)26/h1-4,14-15H,5-11H2,(H,27,31)(H,28,32). The number of piperidine rings is 1. The van der Waals surface area contributed by atoms with E-state index in [2.05, 4.69) is 10.1 Å². The van der Waals surface area contributed by atoms with Crippen molar-refractivity contribution in [1.82, 2.24) is 15.1 Å². The fraction of sp³-hybridized carbons (Fsp3) is 0.550. The molecule has 188 valence electrons. The third-order valence-electron chi connectivity index (χ3n) is 5.49. The summed E-state index contributed by atoms with van der Waals surface area (Å²) >= 11 is 0. The van der Waals surface area contributed by atoms with Crippen molar-refractivity contribution in [3.05, 3.63) is 24.3 Å². The van der Waals surface area contributed by atoms with Crippen LogP contribution in [0.4, 0.5) is 32.0 Å². The van der Waals surface area contributed by atoms with Crippen LogP contribution in [0, 0.1) is 5.92 Å². The molecule has 1 aromatic carbocycles. The largest absolute Gasteiger partial charge is 0.573 e. The van der Waals surface area contributed by atoms with Crippen LogP contribution < -0.4 is 15.4 Å². The van der Waals surface area contributed by atoms with Crippen LogP contribution in [0.3, 0.4) is 0 Å². The number of ether oxygens (including phenoxy) is 1. The summed E-state index contributed by atoms with van der Waals surface area (Å²) < 4.78 is 78.6. The molecule has 0 aliphatic carbocycles. The van der Waals surface area contributed by atoms with E-state index in [1.54, 1.807) is 4.90 Å². The van der Waals surface area contributed by atoms with E-state index in [1.807, 2.05) is 5.32 Å². The van der Waals surface area contributed by atoms with Crippen LogP contribution in [0.1, 0.15) is 12.8 Å². The second-order valence-electron chi connectivity index (χ2n) is 7.95. The highest BCUT2D eigenvalue weighted by molar-refractivity contribution is 6.01. The highest BCUT2D eigenvalue weighted by Crippen LogP contribution is 2.29. The number of nitrogens with zero attached hydrogens (tertiary/aromatic N) is 2. The quantitative estimate of drug-likeness (QED) is 0.482. The lowest BCUT2D eigenvalue weighted by atomic mass is 9.92. The summed E-state index contributed by atoms with van der Waals surface area (Å²) in [5, 5.41) is 4.40. The number of piperazine rings is 1. The first-order chi connectivity index (χ1) is 15.8. The number of hydrogen-bond donors (Lipinski definition) is 2. The minimum atomic E-state index is -4.82. The Labute approximate surface area is 190 Å². The Bertz CT molecular complexity index is 898. The second kappa shape index (κ2) is 10.1. The lowest BCUT2D eigenvalue weighted by Crippen LogP contribution is -2.57. The van der Waals surface area contributed by atoms with Gasteiger partial charge in [-0.05, 0) is 37.1 Å². The normalized spacial score (nSPS) is 22.2. The number of rotatable bonds is 5. The SMILES string of the molecule is O=C(CN1CCN(C(=O)C2CCC(C(F)(F)F)NC2=O)CC1)Nc1ccc(OC(F)(F)F)cc1. The maximum absolute atomic E-state index is 12.8. The van der Waals surface area contributed by atoms with Crippen molar-refractivity contribution in [2.45, 2.75) is 31.4 Å². The number of hydrogen-bond acceptors (Lipinski definition) is 5. The predicted octanol–water partition coefficient (Wildman–Crippen LogP) is 2.12. The van der Waals surface area contributed by atoms with Gasteiger partial charge in [-0.25, -0.2) is 0 Å². The number of carbonyl (C=O) groups is 3. The molecule has 2 heterocycles. The number of amides is 3. The first-order valence-corrected chi connectivity index (χ1v) is 10.4. The number of benzene rings is 1. The Hall–Kier alpha value is -3.03. The van der Waals surface area contributed by atoms with E-state index < -0.39 is 48.0 Å². The van der Waals surface area contributed by atoms with Crippen LogP contribution >= 0.6 is 0 Å². The van der Waals surface area contributed by atoms with Crippen LogP contribution in [-0.2, 0) is 14.4 Å². The zero-order chi connectivity index (χ0) is 25.1. The van der Waals surface area contributed by atoms with Gasteiger partial charge in [-0.2, -0.15) is 13.2 Å². The van der Waals surface area contributed by atoms with Crippen LogP contribution in [0.5, 0.6) is 5.75 Å². The lowest BCUT2D eigenvalue weighted by molar-refractivity contribution is -0.274. The summed E-state index contributed by atoms with van der Waals surface area (Å²) in [4.78, 5) is 40.0. The third-order valence-corrected chi connectivity index (χ3v) is 5.49. The number of halogens is 6. The van der Waals surface area contributed by atoms with Crippen LogP contribution in [0.15, 0.2) is 24.3 Å². The molecule has 0 saturated carbocycles. The summed E-state index contributed by atoms with van der Waals surface area (Å²) in [7, 11) is 0. The van der Waals surface area contributed by atoms with Gasteiger partial charge in [0.1, 0.15) is 17.7 Å². The molecule has 0 aromatic heterocycles. The number of alkyl halides is 6. The predicted molar refractivity (Wildman–Crippen MR) is 105 cm³/mol. The van der Waals surface area contributed by atoms with Gasteiger partial charge in [-0.3, -0.25) is 19.3 Å². The summed E-state index contributed by atoms with van der Waals surface area (Å²) in [6, 6.07) is 2.69. The number of anilines is 1. The van der Waals surface area contributed by atoms with E-state index in [0.29, 0.717) is 13.1 Å². The summed E-state index contributed by atoms with van der Waals surface area (Å²) in [5.74, 6) is -3.49. The van der Waals surface area contributed by atoms with Crippen LogP contribution in [0.25, 0.3) is 0 Å². The van der Waals surface area contributed by atoms with Crippen molar-refractivity contribution in [3.8, 4) is 5.75 Å². The van der Waals surface area contributed by atoms with Crippen molar-refractivity contribution >= 4 is 23.4 Å². The molecule has 2 saturated heterocycles. The Morgan fingerprint density at radius 2 is 1.62 bits per heavy atom. The molecule has 14 heteroatoms. The zero-order valence-electron chi connectivity index (χ0n) is 17.7. The van der Waals surface area contributed by atoms with Crippen molar-refractivity contribution in [2.75, 3.05) is 38.0 Å². The molecule has 8 nitrogen and oxygen atoms in total. The molecule has 2 aliphatic heterocycles. The molecule has 2 fully saturated rings. The molecule has 2 aliphatic rings. The van der Waals surface area contributed by atoms with Gasteiger partial charge in [-0.15, -0.1) is 13.2 Å². The topological polar surface area (TPSA) is 91.0 Å². The van der Waals surface area contributed by atoms with Crippen molar-refractivity contribution in [1.29, 1.82) is 0 Å². The molecule has 34 heavy (non-hydrogen) atoms. The van der Waals surface area contributed by atoms with E-state index in [0.717, 1.165) is 12.1 Å². The Morgan fingerprint density at radius 3 is 2.15 bits per heavy atom. The van der Waals surface area contributed by atoms with E-state index in [1.165, 1.54) is 17.0 Å². The van der Waals surface area contributed by atoms with Crippen LogP contribution in [0.2, 0.25) is 0 Å². The minimum Gasteiger partial charge on any atom is -0.406 e. The summed E-state index contributed by atoms with van der Waals surface area (Å²) in [5.41, 5.74) is 0.272. The maximum Gasteiger partial charge on any atom is 0.573 e. The van der Waals surface area contributed by atoms with Crippen molar-refractivity contribution in [2.24, 2.45) is 5.92 Å². The van der Waals surface area contributed by atoms with Gasteiger partial charge in [0.15, 0.2) is 0 Å². The fourth-order valence-corrected chi connectivity index (χ4v) is 3.78. The summed E-state index contributed by atoms with van der Waals surface area (Å²) in [6.45, 7) is 0.957. The molecule has 2 unspecified atom stereocenters. The van der Waals surface area contributed by atoms with Gasteiger partial charge in [-0.1, -0.05) is 0 Å². The first kappa shape index (κ1) is 25.6. The van der Waals surface area contributed by atoms with Gasteiger partial charge >= 0.3 is 12.5 Å². The molecule has 0 spiro atoms. The van der Waals surface area contributed by atoms with Crippen molar-refractivity contribution < 1.29 is 45.5 Å². The van der Waals surface area contributed by atoms with E-state index >= 15 is 0 Å². The zero-order valence-corrected chi connectivity index (χ0v) is 17.7.